The molecule has 0 saturated carbocycles. The molecule has 3 aliphatic heterocycles. The maximum atomic E-state index is 14.4. The van der Waals surface area contributed by atoms with Gasteiger partial charge in [-0.25, -0.2) is 18.1 Å². The van der Waals surface area contributed by atoms with Gasteiger partial charge in [0, 0.05) is 49.8 Å². The van der Waals surface area contributed by atoms with Crippen molar-refractivity contribution >= 4 is 31.5 Å². The largest absolute Gasteiger partial charge is 0.511 e. The molecule has 1 spiro atoms. The monoisotopic (exact) mass is 878 g/mol. The van der Waals surface area contributed by atoms with E-state index in [-0.39, 0.29) is 56.7 Å². The van der Waals surface area contributed by atoms with Crippen LogP contribution >= 0.6 is 7.82 Å². The number of benzene rings is 3. The molecule has 2 bridgehead atoms. The van der Waals surface area contributed by atoms with Crippen LogP contribution in [0.2, 0.25) is 0 Å². The number of nitrogens with zero attached hydrogens (tertiary/aromatic N) is 3. The van der Waals surface area contributed by atoms with Crippen LogP contribution in [0, 0.1) is 11.6 Å². The van der Waals surface area contributed by atoms with E-state index in [1.807, 2.05) is 50.2 Å². The Labute approximate surface area is 355 Å². The Hall–Kier alpha value is -5.94. The summed E-state index contributed by atoms with van der Waals surface area (Å²) in [6.07, 6.45) is 1.55. The molecule has 4 heterocycles. The number of aromatic nitrogens is 1. The number of pyridine rings is 1. The molecule has 1 saturated heterocycles. The molecular formula is C43H45F2N4O12P. The van der Waals surface area contributed by atoms with Crippen molar-refractivity contribution in [2.45, 2.75) is 77.0 Å². The first-order valence-corrected chi connectivity index (χ1v) is 21.4. The van der Waals surface area contributed by atoms with Crippen LogP contribution in [0.1, 0.15) is 83.1 Å². The number of carbonyl (C=O) groups is 3. The minimum absolute atomic E-state index is 0.0379. The predicted molar refractivity (Wildman–Crippen MR) is 217 cm³/mol. The van der Waals surface area contributed by atoms with Gasteiger partial charge in [0.25, 0.3) is 11.8 Å². The van der Waals surface area contributed by atoms with Crippen molar-refractivity contribution in [1.29, 1.82) is 0 Å². The Kier molecular flexibility index (Phi) is 13.8. The van der Waals surface area contributed by atoms with Gasteiger partial charge in [-0.1, -0.05) is 71.9 Å². The third-order valence-corrected chi connectivity index (χ3v) is 12.1. The molecule has 0 aliphatic carbocycles. The highest BCUT2D eigenvalue weighted by Gasteiger charge is 2.54. The summed E-state index contributed by atoms with van der Waals surface area (Å²) in [6, 6.07) is 20.0. The molecule has 1 fully saturated rings. The quantitative estimate of drug-likeness (QED) is 0.0488. The van der Waals surface area contributed by atoms with Crippen molar-refractivity contribution in [2.75, 3.05) is 26.6 Å². The van der Waals surface area contributed by atoms with Crippen LogP contribution in [0.4, 0.5) is 13.6 Å². The molecule has 3 aliphatic rings. The molecule has 1 N–H and O–H groups in total. The lowest BCUT2D eigenvalue weighted by Crippen LogP contribution is -2.52. The van der Waals surface area contributed by atoms with Gasteiger partial charge >= 0.3 is 14.0 Å². The Morgan fingerprint density at radius 3 is 2.29 bits per heavy atom. The second-order valence-corrected chi connectivity index (χ2v) is 16.7. The summed E-state index contributed by atoms with van der Waals surface area (Å²) in [6.45, 7) is 2.02. The van der Waals surface area contributed by atoms with Gasteiger partial charge < -0.3 is 33.8 Å². The number of amides is 2. The predicted octanol–water partition coefficient (Wildman–Crippen LogP) is 7.21. The third-order valence-electron chi connectivity index (χ3n) is 10.7. The van der Waals surface area contributed by atoms with Crippen LogP contribution in [-0.2, 0) is 52.2 Å². The van der Waals surface area contributed by atoms with Gasteiger partial charge in [0.05, 0.1) is 38.2 Å². The first kappa shape index (κ1) is 44.1. The fourth-order valence-corrected chi connectivity index (χ4v) is 8.67. The van der Waals surface area contributed by atoms with Gasteiger partial charge in [0.2, 0.25) is 18.0 Å². The highest BCUT2D eigenvalue weighted by atomic mass is 31.2. The zero-order chi connectivity index (χ0) is 43.9. The van der Waals surface area contributed by atoms with E-state index in [0.717, 1.165) is 29.0 Å². The van der Waals surface area contributed by atoms with Crippen LogP contribution < -0.4 is 15.5 Å². The smallest absolute Gasteiger partial charge is 0.451 e. The van der Waals surface area contributed by atoms with Crippen molar-refractivity contribution in [3.63, 3.8) is 0 Å². The van der Waals surface area contributed by atoms with Crippen molar-refractivity contribution in [1.82, 2.24) is 14.8 Å². The lowest BCUT2D eigenvalue weighted by molar-refractivity contribution is -0.0658. The van der Waals surface area contributed by atoms with Crippen molar-refractivity contribution in [3.8, 4) is 5.75 Å². The average molecular weight is 879 g/mol. The topological polar surface area (TPSA) is 183 Å². The normalized spacial score (nSPS) is 19.3. The van der Waals surface area contributed by atoms with Gasteiger partial charge in [-0.05, 0) is 43.9 Å². The lowest BCUT2D eigenvalue weighted by atomic mass is 9.84. The summed E-state index contributed by atoms with van der Waals surface area (Å²) in [5, 5.41) is 6.69. The average Bonchev–Trinajstić information content (AvgIpc) is 3.60. The minimum atomic E-state index is -4.07. The Morgan fingerprint density at radius 2 is 1.65 bits per heavy atom. The molecular weight excluding hydrogens is 833 g/mol. The molecule has 3 atom stereocenters. The molecule has 1 aromatic heterocycles. The molecule has 19 heteroatoms. The highest BCUT2D eigenvalue weighted by molar-refractivity contribution is 7.48. The molecule has 62 heavy (non-hydrogen) atoms. The van der Waals surface area contributed by atoms with E-state index >= 15 is 0 Å². The molecule has 328 valence electrons. The van der Waals surface area contributed by atoms with Crippen molar-refractivity contribution in [3.05, 3.63) is 135 Å². The summed E-state index contributed by atoms with van der Waals surface area (Å²) >= 11 is 0. The van der Waals surface area contributed by atoms with Crippen molar-refractivity contribution in [2.24, 2.45) is 5.16 Å². The lowest BCUT2D eigenvalue weighted by Gasteiger charge is -2.42. The molecule has 2 amide bonds. The van der Waals surface area contributed by atoms with Gasteiger partial charge in [-0.3, -0.25) is 28.0 Å². The summed E-state index contributed by atoms with van der Waals surface area (Å²) in [4.78, 5) is 62.2. The van der Waals surface area contributed by atoms with E-state index in [9.17, 15) is 32.5 Å². The first-order chi connectivity index (χ1) is 29.8. The SMILES string of the molecule is CC1=NO[C@@]2(CC[C@H](C)N3C[C@H]2n2cc(C(=O)NCc4ccc(F)cc4F)c(=O)c(OCOC(=O)OCCCOP(=O)(OCc4ccccc4)OCc4ccccc4)c2C3=O)C1. The molecule has 0 radical (unpaired) electrons. The number of fused-ring (bicyclic) bond motifs is 5. The van der Waals surface area contributed by atoms with E-state index in [2.05, 4.69) is 10.5 Å². The number of phosphoric acid groups is 1. The number of oxime groups is 1. The number of rotatable bonds is 17. The maximum absolute atomic E-state index is 14.4. The summed E-state index contributed by atoms with van der Waals surface area (Å²) in [5.74, 6) is -3.78. The number of ether oxygens (including phenoxy) is 3. The number of nitrogens with one attached hydrogen (secondary N) is 1. The van der Waals surface area contributed by atoms with Gasteiger partial charge in [0.15, 0.2) is 11.3 Å². The molecule has 0 unspecified atom stereocenters. The van der Waals surface area contributed by atoms with E-state index < -0.39 is 79.1 Å². The van der Waals surface area contributed by atoms with E-state index in [0.29, 0.717) is 25.3 Å². The van der Waals surface area contributed by atoms with Crippen LogP contribution in [-0.4, -0.2) is 71.3 Å². The maximum Gasteiger partial charge on any atom is 0.511 e. The number of halogens is 2. The Bertz CT molecular complexity index is 2370. The zero-order valence-corrected chi connectivity index (χ0v) is 34.9. The highest BCUT2D eigenvalue weighted by Crippen LogP contribution is 2.51. The van der Waals surface area contributed by atoms with E-state index in [1.54, 1.807) is 29.2 Å². The number of carbonyl (C=O) groups excluding carboxylic acids is 3. The second-order valence-electron chi connectivity index (χ2n) is 15.1. The second kappa shape index (κ2) is 19.4. The number of hydrogen-bond donors (Lipinski definition) is 1. The molecule has 16 nitrogen and oxygen atoms in total. The number of hydrogen-bond acceptors (Lipinski definition) is 13. The molecule has 4 aromatic rings. The van der Waals surface area contributed by atoms with Crippen LogP contribution in [0.25, 0.3) is 0 Å². The third kappa shape index (κ3) is 10.2. The fraction of sp³-hybridized carbons (Fsp3) is 0.372. The first-order valence-electron chi connectivity index (χ1n) is 19.9. The van der Waals surface area contributed by atoms with Crippen molar-refractivity contribution < 1.29 is 60.3 Å². The van der Waals surface area contributed by atoms with Crippen LogP contribution in [0.3, 0.4) is 0 Å². The fourth-order valence-electron chi connectivity index (χ4n) is 7.48. The van der Waals surface area contributed by atoms with Crippen LogP contribution in [0.15, 0.2) is 95.0 Å². The molecule has 7 rings (SSSR count). The standard InChI is InChI=1S/C43H45F2N4O12P/c1-28-21-43(61-47-28)17-16-29(2)48-24-36(43)49-23-34(40(51)46-22-32-14-15-33(44)20-35(32)45)38(50)39(37(49)41(48)52)56-27-57-42(53)55-18-9-19-58-62(54,59-25-30-10-5-3-6-11-30)60-26-31-12-7-4-8-13-31/h3-8,10-15,20,23,29,36H,9,16-19,21-22,24-27H2,1-2H3,(H,46,51)/t29-,36+,43-/m0/s1. The summed E-state index contributed by atoms with van der Waals surface area (Å²) in [5.41, 5.74) is -0.422. The van der Waals surface area contributed by atoms with Crippen LogP contribution in [0.5, 0.6) is 5.75 Å². The zero-order valence-electron chi connectivity index (χ0n) is 34.0. The van der Waals surface area contributed by atoms with E-state index in [4.69, 9.17) is 32.6 Å². The summed E-state index contributed by atoms with van der Waals surface area (Å²) in [7, 11) is -4.07. The number of phosphoric ester groups is 1. The molecule has 3 aromatic carbocycles. The summed E-state index contributed by atoms with van der Waals surface area (Å²) < 4.78 is 75.7. The van der Waals surface area contributed by atoms with Gasteiger partial charge in [-0.15, -0.1) is 0 Å². The van der Waals surface area contributed by atoms with Gasteiger partial charge in [0.1, 0.15) is 17.2 Å². The van der Waals surface area contributed by atoms with E-state index in [1.165, 1.54) is 10.8 Å². The Morgan fingerprint density at radius 1 is 0.952 bits per heavy atom. The minimum Gasteiger partial charge on any atom is -0.451 e. The Balaban J connectivity index is 1.02. The van der Waals surface area contributed by atoms with Gasteiger partial charge in [-0.2, -0.15) is 0 Å².